The Morgan fingerprint density at radius 3 is 2.53 bits per heavy atom. The van der Waals surface area contributed by atoms with Gasteiger partial charge in [0.05, 0.1) is 23.7 Å². The van der Waals surface area contributed by atoms with Crippen molar-refractivity contribution >= 4 is 23.3 Å². The Morgan fingerprint density at radius 1 is 1.00 bits per heavy atom. The van der Waals surface area contributed by atoms with Crippen molar-refractivity contribution in [2.75, 3.05) is 13.7 Å². The number of aromatic amines is 1. The van der Waals surface area contributed by atoms with Crippen LogP contribution < -0.4 is 15.9 Å². The summed E-state index contributed by atoms with van der Waals surface area (Å²) in [5, 5.41) is 3.68. The van der Waals surface area contributed by atoms with Crippen molar-refractivity contribution in [1.82, 2.24) is 19.2 Å². The number of fused-ring (bicyclic) bond motifs is 3. The van der Waals surface area contributed by atoms with E-state index in [2.05, 4.69) is 22.1 Å². The molecular weight excluding hydrogens is 428 g/mol. The molecule has 0 aliphatic carbocycles. The predicted octanol–water partition coefficient (Wildman–Crippen LogP) is 3.32. The van der Waals surface area contributed by atoms with Crippen LogP contribution in [-0.2, 0) is 19.6 Å². The molecule has 2 aromatic carbocycles. The van der Waals surface area contributed by atoms with E-state index in [0.29, 0.717) is 35.4 Å². The standard InChI is InChI=1S/C24H24N4O3.ClH/c1-31-21-11-6-5-10-19(21)28-24(30)23-18(25-28)14-22(29)27-13-7-12-26(16-20(23)27)15-17-8-3-2-4-9-17;/h2-6,8-11,14,25H,7,12-13,15-16H2,1H3;1H. The third kappa shape index (κ3) is 3.85. The highest BCUT2D eigenvalue weighted by atomic mass is 35.5. The van der Waals surface area contributed by atoms with Crippen molar-refractivity contribution in [3.63, 3.8) is 0 Å². The van der Waals surface area contributed by atoms with Crippen molar-refractivity contribution in [1.29, 1.82) is 0 Å². The molecule has 4 aromatic rings. The maximum absolute atomic E-state index is 13.5. The molecule has 0 radical (unpaired) electrons. The Hall–Kier alpha value is -3.29. The molecule has 1 aliphatic rings. The molecule has 0 unspecified atom stereocenters. The van der Waals surface area contributed by atoms with Gasteiger partial charge >= 0.3 is 0 Å². The van der Waals surface area contributed by atoms with Gasteiger partial charge < -0.3 is 9.30 Å². The molecule has 32 heavy (non-hydrogen) atoms. The van der Waals surface area contributed by atoms with Crippen LogP contribution in [-0.4, -0.2) is 32.9 Å². The van der Waals surface area contributed by atoms with Crippen molar-refractivity contribution in [2.24, 2.45) is 0 Å². The van der Waals surface area contributed by atoms with Gasteiger partial charge in [0.1, 0.15) is 11.4 Å². The lowest BCUT2D eigenvalue weighted by Gasteiger charge is -2.20. The number of rotatable bonds is 4. The van der Waals surface area contributed by atoms with E-state index >= 15 is 0 Å². The van der Waals surface area contributed by atoms with E-state index in [-0.39, 0.29) is 23.5 Å². The third-order valence-electron chi connectivity index (χ3n) is 5.87. The van der Waals surface area contributed by atoms with Crippen LogP contribution in [0.4, 0.5) is 0 Å². The summed E-state index contributed by atoms with van der Waals surface area (Å²) in [5.74, 6) is 0.586. The molecule has 0 saturated heterocycles. The van der Waals surface area contributed by atoms with Gasteiger partial charge in [-0.2, -0.15) is 0 Å². The summed E-state index contributed by atoms with van der Waals surface area (Å²) in [6, 6.07) is 19.1. The second kappa shape index (κ2) is 9.06. The van der Waals surface area contributed by atoms with E-state index < -0.39 is 0 Å². The first kappa shape index (κ1) is 21.9. The zero-order valence-electron chi connectivity index (χ0n) is 17.8. The van der Waals surface area contributed by atoms with E-state index in [1.54, 1.807) is 11.7 Å². The number of nitrogens with one attached hydrogen (secondary N) is 1. The monoisotopic (exact) mass is 452 g/mol. The second-order valence-electron chi connectivity index (χ2n) is 7.84. The highest BCUT2D eigenvalue weighted by Gasteiger charge is 2.23. The molecule has 2 aromatic heterocycles. The van der Waals surface area contributed by atoms with Gasteiger partial charge in [-0.3, -0.25) is 19.6 Å². The van der Waals surface area contributed by atoms with Crippen molar-refractivity contribution < 1.29 is 4.74 Å². The molecule has 1 N–H and O–H groups in total. The van der Waals surface area contributed by atoms with E-state index in [1.165, 1.54) is 16.3 Å². The van der Waals surface area contributed by atoms with Crippen molar-refractivity contribution in [3.05, 3.63) is 92.6 Å². The van der Waals surface area contributed by atoms with E-state index in [1.807, 2.05) is 42.5 Å². The number of hydrogen-bond donors (Lipinski definition) is 1. The molecule has 0 fully saturated rings. The number of nitrogens with zero attached hydrogens (tertiary/aromatic N) is 3. The quantitative estimate of drug-likeness (QED) is 0.515. The van der Waals surface area contributed by atoms with Crippen LogP contribution >= 0.6 is 12.4 Å². The van der Waals surface area contributed by atoms with Gasteiger partial charge in [-0.25, -0.2) is 4.68 Å². The van der Waals surface area contributed by atoms with Gasteiger partial charge in [-0.1, -0.05) is 42.5 Å². The smallest absolute Gasteiger partial charge is 0.281 e. The average Bonchev–Trinajstić information content (AvgIpc) is 2.97. The summed E-state index contributed by atoms with van der Waals surface area (Å²) >= 11 is 0. The van der Waals surface area contributed by atoms with Crippen LogP contribution in [0.5, 0.6) is 5.75 Å². The Morgan fingerprint density at radius 2 is 1.75 bits per heavy atom. The maximum atomic E-state index is 13.5. The summed E-state index contributed by atoms with van der Waals surface area (Å²) in [6.45, 7) is 2.79. The number of pyridine rings is 1. The molecule has 0 amide bonds. The second-order valence-corrected chi connectivity index (χ2v) is 7.84. The molecule has 1 aliphatic heterocycles. The summed E-state index contributed by atoms with van der Waals surface area (Å²) in [6.07, 6.45) is 0.858. The van der Waals surface area contributed by atoms with Crippen LogP contribution in [0.1, 0.15) is 17.7 Å². The van der Waals surface area contributed by atoms with Crippen LogP contribution in [0.15, 0.2) is 70.3 Å². The maximum Gasteiger partial charge on any atom is 0.281 e. The third-order valence-corrected chi connectivity index (χ3v) is 5.87. The van der Waals surface area contributed by atoms with Gasteiger partial charge in [-0.05, 0) is 24.1 Å². The molecule has 3 heterocycles. The minimum absolute atomic E-state index is 0. The molecule has 0 atom stereocenters. The van der Waals surface area contributed by atoms with Gasteiger partial charge in [0.15, 0.2) is 0 Å². The minimum Gasteiger partial charge on any atom is -0.494 e. The summed E-state index contributed by atoms with van der Waals surface area (Å²) in [5.41, 5.74) is 2.89. The molecule has 7 nitrogen and oxygen atoms in total. The molecule has 0 spiro atoms. The minimum atomic E-state index is -0.176. The van der Waals surface area contributed by atoms with Gasteiger partial charge in [0.2, 0.25) is 0 Å². The van der Waals surface area contributed by atoms with E-state index in [0.717, 1.165) is 25.2 Å². The Bertz CT molecular complexity index is 1360. The molecular formula is C24H25ClN4O3. The first-order valence-electron chi connectivity index (χ1n) is 10.4. The number of H-pyrrole nitrogens is 1. The Labute approximate surface area is 191 Å². The molecule has 166 valence electrons. The number of para-hydroxylation sites is 2. The lowest BCUT2D eigenvalue weighted by atomic mass is 10.2. The predicted molar refractivity (Wildman–Crippen MR) is 127 cm³/mol. The number of aromatic nitrogens is 3. The summed E-state index contributed by atoms with van der Waals surface area (Å²) in [4.78, 5) is 28.7. The number of benzene rings is 2. The topological polar surface area (TPSA) is 72.3 Å². The van der Waals surface area contributed by atoms with Gasteiger partial charge in [0, 0.05) is 32.2 Å². The van der Waals surface area contributed by atoms with Gasteiger partial charge in [-0.15, -0.1) is 12.4 Å². The molecule has 5 rings (SSSR count). The number of halogens is 1. The largest absolute Gasteiger partial charge is 0.494 e. The van der Waals surface area contributed by atoms with Crippen molar-refractivity contribution in [2.45, 2.75) is 26.1 Å². The fourth-order valence-electron chi connectivity index (χ4n) is 4.42. The first-order valence-corrected chi connectivity index (χ1v) is 10.4. The first-order chi connectivity index (χ1) is 15.2. The normalized spacial score (nSPS) is 13.9. The lowest BCUT2D eigenvalue weighted by Crippen LogP contribution is -2.27. The summed E-state index contributed by atoms with van der Waals surface area (Å²) in [7, 11) is 1.58. The Kier molecular flexibility index (Phi) is 6.21. The number of hydrogen-bond acceptors (Lipinski definition) is 4. The fourth-order valence-corrected chi connectivity index (χ4v) is 4.42. The van der Waals surface area contributed by atoms with Crippen LogP contribution in [0, 0.1) is 0 Å². The fraction of sp³-hybridized carbons (Fsp3) is 0.250. The highest BCUT2D eigenvalue weighted by Crippen LogP contribution is 2.24. The highest BCUT2D eigenvalue weighted by molar-refractivity contribution is 5.85. The van der Waals surface area contributed by atoms with E-state index in [9.17, 15) is 9.59 Å². The Balaban J connectivity index is 0.00000245. The van der Waals surface area contributed by atoms with E-state index in [4.69, 9.17) is 4.74 Å². The number of methoxy groups -OCH3 is 1. The molecule has 0 saturated carbocycles. The van der Waals surface area contributed by atoms with Crippen molar-refractivity contribution in [3.8, 4) is 11.4 Å². The van der Waals surface area contributed by atoms with Crippen LogP contribution in [0.3, 0.4) is 0 Å². The zero-order valence-corrected chi connectivity index (χ0v) is 18.6. The summed E-state index contributed by atoms with van der Waals surface area (Å²) < 4.78 is 8.66. The molecule has 0 bridgehead atoms. The van der Waals surface area contributed by atoms with Crippen LogP contribution in [0.25, 0.3) is 16.6 Å². The SMILES string of the molecule is COc1ccccc1-n1[nH]c2cc(=O)n3c(c2c1=O)CN(Cc1ccccc1)CCC3.Cl. The molecule has 8 heteroatoms. The zero-order chi connectivity index (χ0) is 21.4. The lowest BCUT2D eigenvalue weighted by molar-refractivity contribution is 0.262. The van der Waals surface area contributed by atoms with Gasteiger partial charge in [0.25, 0.3) is 11.1 Å². The number of ether oxygens (including phenoxy) is 1. The average molecular weight is 453 g/mol. The van der Waals surface area contributed by atoms with Crippen LogP contribution in [0.2, 0.25) is 0 Å².